The first-order valence-electron chi connectivity index (χ1n) is 9.17. The van der Waals surface area contributed by atoms with E-state index in [9.17, 15) is 21.6 Å². The van der Waals surface area contributed by atoms with Gasteiger partial charge in [-0.2, -0.15) is 0 Å². The maximum absolute atomic E-state index is 12.7. The highest BCUT2D eigenvalue weighted by atomic mass is 35.5. The third-order valence-corrected chi connectivity index (χ3v) is 7.35. The van der Waals surface area contributed by atoms with Crippen LogP contribution in [-0.4, -0.2) is 48.7 Å². The van der Waals surface area contributed by atoms with Crippen molar-refractivity contribution in [2.24, 2.45) is 0 Å². The number of nitrogens with zero attached hydrogens (tertiary/aromatic N) is 1. The standard InChI is InChI=1S/C19H23Cl2N3O6S2/c1-12(2)23-32(28,29)14-6-8-18(30-3)16(10-14)22-19(25)11-24(31(4,26)27)17-9-13(20)5-7-15(17)21/h5-10,12,23H,11H2,1-4H3,(H,22,25). The number of rotatable bonds is 9. The van der Waals surface area contributed by atoms with Gasteiger partial charge in [0.2, 0.25) is 26.0 Å². The van der Waals surface area contributed by atoms with Gasteiger partial charge in [0.25, 0.3) is 0 Å². The number of hydrogen-bond donors (Lipinski definition) is 2. The number of ether oxygens (including phenoxy) is 1. The van der Waals surface area contributed by atoms with Crippen molar-refractivity contribution in [3.05, 3.63) is 46.4 Å². The lowest BCUT2D eigenvalue weighted by Crippen LogP contribution is -2.37. The molecule has 0 heterocycles. The van der Waals surface area contributed by atoms with Crippen LogP contribution in [0.3, 0.4) is 0 Å². The number of sulfonamides is 2. The zero-order chi connectivity index (χ0) is 24.3. The summed E-state index contributed by atoms with van der Waals surface area (Å²) in [6.45, 7) is 2.71. The maximum Gasteiger partial charge on any atom is 0.245 e. The second-order valence-electron chi connectivity index (χ2n) is 7.05. The Bertz CT molecular complexity index is 1220. The molecule has 0 saturated carbocycles. The minimum Gasteiger partial charge on any atom is -0.495 e. The number of carbonyl (C=O) groups excluding carboxylic acids is 1. The number of methoxy groups -OCH3 is 1. The van der Waals surface area contributed by atoms with Crippen LogP contribution in [0, 0.1) is 0 Å². The number of anilines is 2. The van der Waals surface area contributed by atoms with Gasteiger partial charge in [0, 0.05) is 11.1 Å². The number of halogens is 2. The van der Waals surface area contributed by atoms with Crippen molar-refractivity contribution in [1.82, 2.24) is 4.72 Å². The number of nitrogens with one attached hydrogen (secondary N) is 2. The maximum atomic E-state index is 12.7. The van der Waals surface area contributed by atoms with E-state index < -0.39 is 32.5 Å². The number of carbonyl (C=O) groups is 1. The molecular weight excluding hydrogens is 501 g/mol. The Morgan fingerprint density at radius 1 is 1.09 bits per heavy atom. The van der Waals surface area contributed by atoms with E-state index in [-0.39, 0.29) is 38.1 Å². The Morgan fingerprint density at radius 3 is 2.31 bits per heavy atom. The van der Waals surface area contributed by atoms with Crippen LogP contribution in [0.25, 0.3) is 0 Å². The summed E-state index contributed by atoms with van der Waals surface area (Å²) in [5.41, 5.74) is 0.0796. The van der Waals surface area contributed by atoms with Crippen molar-refractivity contribution in [3.63, 3.8) is 0 Å². The van der Waals surface area contributed by atoms with E-state index in [0.29, 0.717) is 0 Å². The molecule has 0 aliphatic carbocycles. The molecule has 0 fully saturated rings. The predicted octanol–water partition coefficient (Wildman–Crippen LogP) is 3.09. The monoisotopic (exact) mass is 523 g/mol. The van der Waals surface area contributed by atoms with Crippen LogP contribution in [0.5, 0.6) is 5.75 Å². The Balaban J connectivity index is 2.38. The Kier molecular flexibility index (Phi) is 8.40. The van der Waals surface area contributed by atoms with E-state index in [1.807, 2.05) is 0 Å². The molecule has 2 N–H and O–H groups in total. The summed E-state index contributed by atoms with van der Waals surface area (Å²) < 4.78 is 58.0. The Morgan fingerprint density at radius 2 is 1.75 bits per heavy atom. The summed E-state index contributed by atoms with van der Waals surface area (Å²) in [5.74, 6) is -0.565. The van der Waals surface area contributed by atoms with Gasteiger partial charge >= 0.3 is 0 Å². The SMILES string of the molecule is COc1ccc(S(=O)(=O)NC(C)C)cc1NC(=O)CN(c1cc(Cl)ccc1Cl)S(C)(=O)=O. The van der Waals surface area contributed by atoms with Crippen molar-refractivity contribution in [3.8, 4) is 5.75 Å². The molecule has 2 aromatic rings. The van der Waals surface area contributed by atoms with E-state index in [1.54, 1.807) is 13.8 Å². The molecular formula is C19H23Cl2N3O6S2. The molecule has 0 atom stereocenters. The first-order valence-corrected chi connectivity index (χ1v) is 13.3. The third-order valence-electron chi connectivity index (χ3n) is 4.01. The fourth-order valence-corrected chi connectivity index (χ4v) is 5.28. The van der Waals surface area contributed by atoms with Crippen LogP contribution in [0.4, 0.5) is 11.4 Å². The second kappa shape index (κ2) is 10.3. The molecule has 0 aliphatic rings. The van der Waals surface area contributed by atoms with Crippen molar-refractivity contribution in [1.29, 1.82) is 0 Å². The third kappa shape index (κ3) is 6.72. The average Bonchev–Trinajstić information content (AvgIpc) is 2.66. The molecule has 0 aliphatic heterocycles. The normalized spacial score (nSPS) is 12.0. The molecule has 176 valence electrons. The second-order valence-corrected chi connectivity index (χ2v) is 11.5. The fraction of sp³-hybridized carbons (Fsp3) is 0.316. The van der Waals surface area contributed by atoms with E-state index in [2.05, 4.69) is 10.0 Å². The highest BCUT2D eigenvalue weighted by Crippen LogP contribution is 2.31. The summed E-state index contributed by atoms with van der Waals surface area (Å²) in [6, 6.07) is 7.80. The summed E-state index contributed by atoms with van der Waals surface area (Å²) in [7, 11) is -6.40. The van der Waals surface area contributed by atoms with Crippen molar-refractivity contribution < 1.29 is 26.4 Å². The first-order chi connectivity index (χ1) is 14.7. The van der Waals surface area contributed by atoms with Gasteiger partial charge in [0.15, 0.2) is 0 Å². The molecule has 0 saturated heterocycles. The van der Waals surface area contributed by atoms with Crippen molar-refractivity contribution in [2.45, 2.75) is 24.8 Å². The predicted molar refractivity (Wildman–Crippen MR) is 126 cm³/mol. The van der Waals surface area contributed by atoms with Gasteiger partial charge in [-0.3, -0.25) is 9.10 Å². The minimum absolute atomic E-state index is 0.0289. The molecule has 0 bridgehead atoms. The molecule has 1 amide bonds. The summed E-state index contributed by atoms with van der Waals surface area (Å²) in [6.07, 6.45) is 0.920. The highest BCUT2D eigenvalue weighted by Gasteiger charge is 2.25. The number of hydrogen-bond acceptors (Lipinski definition) is 6. The zero-order valence-corrected chi connectivity index (χ0v) is 20.9. The van der Waals surface area contributed by atoms with E-state index in [0.717, 1.165) is 10.6 Å². The van der Waals surface area contributed by atoms with Gasteiger partial charge in [-0.1, -0.05) is 23.2 Å². The summed E-state index contributed by atoms with van der Waals surface area (Å²) >= 11 is 12.1. The molecule has 0 unspecified atom stereocenters. The van der Waals surface area contributed by atoms with E-state index >= 15 is 0 Å². The van der Waals surface area contributed by atoms with Crippen LogP contribution in [0.1, 0.15) is 13.8 Å². The largest absolute Gasteiger partial charge is 0.495 e. The zero-order valence-electron chi connectivity index (χ0n) is 17.7. The lowest BCUT2D eigenvalue weighted by molar-refractivity contribution is -0.114. The van der Waals surface area contributed by atoms with Gasteiger partial charge in [-0.25, -0.2) is 21.6 Å². The number of amides is 1. The molecule has 32 heavy (non-hydrogen) atoms. The average molecular weight is 524 g/mol. The van der Waals surface area contributed by atoms with Gasteiger partial charge in [0.1, 0.15) is 12.3 Å². The molecule has 9 nitrogen and oxygen atoms in total. The molecule has 13 heteroatoms. The molecule has 0 spiro atoms. The Labute approximate surface area is 197 Å². The topological polar surface area (TPSA) is 122 Å². The van der Waals surface area contributed by atoms with Crippen LogP contribution >= 0.6 is 23.2 Å². The summed E-state index contributed by atoms with van der Waals surface area (Å²) in [5, 5.41) is 2.81. The molecule has 2 aromatic carbocycles. The highest BCUT2D eigenvalue weighted by molar-refractivity contribution is 7.92. The molecule has 2 rings (SSSR count). The quantitative estimate of drug-likeness (QED) is 0.520. The van der Waals surface area contributed by atoms with Gasteiger partial charge in [-0.05, 0) is 50.2 Å². The van der Waals surface area contributed by atoms with Gasteiger partial charge in [-0.15, -0.1) is 0 Å². The minimum atomic E-state index is -3.91. The smallest absolute Gasteiger partial charge is 0.245 e. The van der Waals surface area contributed by atoms with Crippen LogP contribution in [0.15, 0.2) is 41.3 Å². The van der Waals surface area contributed by atoms with Crippen LogP contribution in [0.2, 0.25) is 10.0 Å². The van der Waals surface area contributed by atoms with Crippen LogP contribution < -0.4 is 19.1 Å². The molecule has 0 aromatic heterocycles. The Hall–Kier alpha value is -2.05. The fourth-order valence-electron chi connectivity index (χ4n) is 2.71. The van der Waals surface area contributed by atoms with Gasteiger partial charge in [0.05, 0.1) is 34.7 Å². The van der Waals surface area contributed by atoms with Crippen molar-refractivity contribution >= 4 is 60.5 Å². The van der Waals surface area contributed by atoms with Gasteiger partial charge < -0.3 is 10.1 Å². The lowest BCUT2D eigenvalue weighted by atomic mass is 10.3. The van der Waals surface area contributed by atoms with E-state index in [4.69, 9.17) is 27.9 Å². The first kappa shape index (κ1) is 26.2. The van der Waals surface area contributed by atoms with Crippen molar-refractivity contribution in [2.75, 3.05) is 29.5 Å². The summed E-state index contributed by atoms with van der Waals surface area (Å²) in [4.78, 5) is 12.6. The lowest BCUT2D eigenvalue weighted by Gasteiger charge is -2.23. The molecule has 0 radical (unpaired) electrons. The van der Waals surface area contributed by atoms with Crippen LogP contribution in [-0.2, 0) is 24.8 Å². The number of benzene rings is 2. The van der Waals surface area contributed by atoms with E-state index in [1.165, 1.54) is 43.5 Å².